The highest BCUT2D eigenvalue weighted by Gasteiger charge is 2.39. The van der Waals surface area contributed by atoms with Crippen LogP contribution in [0, 0.1) is 28.1 Å². The Bertz CT molecular complexity index is 900. The molecular weight excluding hydrogens is 448 g/mol. The molecule has 0 aromatic carbocycles. The van der Waals surface area contributed by atoms with Gasteiger partial charge in [0.15, 0.2) is 0 Å². The molecule has 0 amide bonds. The molecule has 0 bridgehead atoms. The normalized spacial score (nSPS) is 20.9. The molecule has 0 N–H and O–H groups in total. The monoisotopic (exact) mass is 496 g/mol. The molecule has 35 heavy (non-hydrogen) atoms. The first-order valence-corrected chi connectivity index (χ1v) is 13.6. The summed E-state index contributed by atoms with van der Waals surface area (Å²) in [5.74, 6) is 0.536. The minimum Gasteiger partial charge on any atom is -0.344 e. The maximum atomic E-state index is 9.73. The Kier molecular flexibility index (Phi) is 12.4. The Labute approximate surface area is 221 Å². The van der Waals surface area contributed by atoms with Gasteiger partial charge in [0.05, 0.1) is 11.4 Å². The van der Waals surface area contributed by atoms with Crippen LogP contribution in [0.2, 0.25) is 0 Å². The molecule has 1 fully saturated rings. The first-order valence-electron chi connectivity index (χ1n) is 13.2. The minimum atomic E-state index is -0.333. The summed E-state index contributed by atoms with van der Waals surface area (Å²) < 4.78 is 0. The van der Waals surface area contributed by atoms with Gasteiger partial charge < -0.3 is 4.90 Å². The van der Waals surface area contributed by atoms with E-state index in [0.29, 0.717) is 22.3 Å². The lowest BCUT2D eigenvalue weighted by Gasteiger charge is -2.45. The zero-order valence-electron chi connectivity index (χ0n) is 23.8. The van der Waals surface area contributed by atoms with Gasteiger partial charge in [-0.05, 0) is 81.3 Å². The number of nitrogens with zero attached hydrogens (tertiary/aromatic N) is 2. The van der Waals surface area contributed by atoms with Crippen molar-refractivity contribution in [1.82, 2.24) is 4.90 Å². The van der Waals surface area contributed by atoms with E-state index in [2.05, 4.69) is 91.3 Å². The molecule has 0 radical (unpaired) electrons. The molecule has 3 heteroatoms. The van der Waals surface area contributed by atoms with Crippen molar-refractivity contribution < 1.29 is 0 Å². The first-order chi connectivity index (χ1) is 16.3. The smallest absolute Gasteiger partial charge is 0.0963 e. The summed E-state index contributed by atoms with van der Waals surface area (Å²) in [6.07, 6.45) is 18.0. The highest BCUT2D eigenvalue weighted by molar-refractivity contribution is 6.22. The molecule has 0 aromatic heterocycles. The van der Waals surface area contributed by atoms with Crippen LogP contribution in [0.5, 0.6) is 0 Å². The fourth-order valence-corrected chi connectivity index (χ4v) is 5.63. The third kappa shape index (κ3) is 10.3. The average molecular weight is 497 g/mol. The van der Waals surface area contributed by atoms with Crippen LogP contribution in [0.3, 0.4) is 0 Å². The van der Waals surface area contributed by atoms with E-state index in [9.17, 15) is 5.26 Å². The maximum absolute atomic E-state index is 9.73. The van der Waals surface area contributed by atoms with Crippen LogP contribution in [0.1, 0.15) is 94.4 Å². The zero-order valence-corrected chi connectivity index (χ0v) is 24.6. The van der Waals surface area contributed by atoms with Gasteiger partial charge in [-0.15, -0.1) is 11.6 Å². The van der Waals surface area contributed by atoms with E-state index in [4.69, 9.17) is 11.6 Å². The van der Waals surface area contributed by atoms with Gasteiger partial charge in [0.1, 0.15) is 0 Å². The summed E-state index contributed by atoms with van der Waals surface area (Å²) in [6, 6.07) is 2.31. The van der Waals surface area contributed by atoms with E-state index in [-0.39, 0.29) is 5.38 Å². The lowest BCUT2D eigenvalue weighted by Crippen LogP contribution is -2.34. The molecule has 0 aliphatic heterocycles. The average Bonchev–Trinajstić information content (AvgIpc) is 2.75. The molecule has 0 aromatic rings. The van der Waals surface area contributed by atoms with E-state index >= 15 is 0 Å². The number of halogens is 1. The molecular formula is C32H49ClN2. The fourth-order valence-electron chi connectivity index (χ4n) is 5.52. The standard InChI is InChI=1S/C32H49ClN2/c1-11-14-16-27(24(4)13-3)22-35(30(15-12-2)17-28(20-34)26(6)33)21-25(5)29-18-31(7,8)23-32(9,10)19-29/h11,14-17,21,26,29H,1,12-13,18-19,22-23H2,2-10H3/b16-14-,25-21+,27-24-,28-17-,30-15+. The third-order valence-corrected chi connectivity index (χ3v) is 7.25. The van der Waals surface area contributed by atoms with Crippen molar-refractivity contribution in [3.63, 3.8) is 0 Å². The second-order valence-electron chi connectivity index (χ2n) is 11.7. The topological polar surface area (TPSA) is 27.0 Å². The second kappa shape index (κ2) is 13.9. The molecule has 1 aliphatic rings. The Morgan fingerprint density at radius 2 is 1.77 bits per heavy atom. The molecule has 0 spiro atoms. The number of allylic oxidation sites excluding steroid dienone is 7. The zero-order chi connectivity index (χ0) is 26.8. The maximum Gasteiger partial charge on any atom is 0.0963 e. The van der Waals surface area contributed by atoms with Crippen LogP contribution in [0.15, 0.2) is 71.1 Å². The number of rotatable bonds is 11. The van der Waals surface area contributed by atoms with Crippen LogP contribution in [0.4, 0.5) is 0 Å². The summed E-state index contributed by atoms with van der Waals surface area (Å²) in [6.45, 7) is 24.9. The minimum absolute atomic E-state index is 0.326. The van der Waals surface area contributed by atoms with E-state index in [1.165, 1.54) is 36.0 Å². The molecule has 1 saturated carbocycles. The summed E-state index contributed by atoms with van der Waals surface area (Å²) >= 11 is 6.35. The molecule has 1 unspecified atom stereocenters. The molecule has 0 heterocycles. The van der Waals surface area contributed by atoms with Crippen LogP contribution in [-0.4, -0.2) is 16.8 Å². The predicted octanol–water partition coefficient (Wildman–Crippen LogP) is 9.88. The van der Waals surface area contributed by atoms with Crippen molar-refractivity contribution in [2.45, 2.75) is 99.8 Å². The summed E-state index contributed by atoms with van der Waals surface area (Å²) in [5, 5.41) is 9.39. The molecule has 2 nitrogen and oxygen atoms in total. The van der Waals surface area contributed by atoms with Crippen molar-refractivity contribution in [1.29, 1.82) is 5.26 Å². The Morgan fingerprint density at radius 1 is 1.17 bits per heavy atom. The van der Waals surface area contributed by atoms with Crippen molar-refractivity contribution in [2.24, 2.45) is 16.7 Å². The highest BCUT2D eigenvalue weighted by atomic mass is 35.5. The van der Waals surface area contributed by atoms with Crippen LogP contribution >= 0.6 is 11.6 Å². The van der Waals surface area contributed by atoms with E-state index in [1.54, 1.807) is 0 Å². The van der Waals surface area contributed by atoms with Gasteiger partial charge in [0.25, 0.3) is 0 Å². The first kappa shape index (κ1) is 31.1. The van der Waals surface area contributed by atoms with Crippen molar-refractivity contribution in [3.05, 3.63) is 71.1 Å². The number of nitriles is 1. The van der Waals surface area contributed by atoms with Gasteiger partial charge in [-0.3, -0.25) is 0 Å². The number of hydrogen-bond acceptors (Lipinski definition) is 2. The SMILES string of the molecule is C=C/C=C\C(CN(/C=C(\C)C1CC(C)(C)CC(C)(C)C1)C(/C=C(/C#N)C(C)Cl)=C/CC)=C(/C)CC. The fraction of sp³-hybridized carbons (Fsp3) is 0.594. The predicted molar refractivity (Wildman–Crippen MR) is 155 cm³/mol. The molecule has 1 atom stereocenters. The van der Waals surface area contributed by atoms with E-state index < -0.39 is 0 Å². The molecule has 194 valence electrons. The highest BCUT2D eigenvalue weighted by Crippen LogP contribution is 2.50. The third-order valence-electron chi connectivity index (χ3n) is 7.02. The van der Waals surface area contributed by atoms with E-state index in [0.717, 1.165) is 25.1 Å². The van der Waals surface area contributed by atoms with Gasteiger partial charge in [0.2, 0.25) is 0 Å². The summed E-state index contributed by atoms with van der Waals surface area (Å²) in [7, 11) is 0. The Balaban J connectivity index is 3.64. The second-order valence-corrected chi connectivity index (χ2v) is 12.4. The quantitative estimate of drug-likeness (QED) is 0.161. The van der Waals surface area contributed by atoms with Crippen LogP contribution < -0.4 is 0 Å². The van der Waals surface area contributed by atoms with Crippen molar-refractivity contribution in [2.75, 3.05) is 6.54 Å². The van der Waals surface area contributed by atoms with Gasteiger partial charge in [0, 0.05) is 24.0 Å². The van der Waals surface area contributed by atoms with Crippen LogP contribution in [-0.2, 0) is 0 Å². The van der Waals surface area contributed by atoms with E-state index in [1.807, 2.05) is 25.2 Å². The van der Waals surface area contributed by atoms with Crippen LogP contribution in [0.25, 0.3) is 0 Å². The van der Waals surface area contributed by atoms with Crippen molar-refractivity contribution >= 4 is 11.6 Å². The summed E-state index contributed by atoms with van der Waals surface area (Å²) in [4.78, 5) is 2.33. The lowest BCUT2D eigenvalue weighted by molar-refractivity contribution is 0.0813. The van der Waals surface area contributed by atoms with Gasteiger partial charge in [-0.2, -0.15) is 5.26 Å². The Morgan fingerprint density at radius 3 is 2.23 bits per heavy atom. The molecule has 1 rings (SSSR count). The number of hydrogen-bond donors (Lipinski definition) is 0. The van der Waals surface area contributed by atoms with Gasteiger partial charge in [-0.25, -0.2) is 0 Å². The largest absolute Gasteiger partial charge is 0.344 e. The van der Waals surface area contributed by atoms with Gasteiger partial charge in [-0.1, -0.05) is 83.6 Å². The van der Waals surface area contributed by atoms with Gasteiger partial charge >= 0.3 is 0 Å². The van der Waals surface area contributed by atoms with Crippen molar-refractivity contribution in [3.8, 4) is 6.07 Å². The lowest BCUT2D eigenvalue weighted by atomic mass is 9.60. The molecule has 1 aliphatic carbocycles. The molecule has 0 saturated heterocycles. The summed E-state index contributed by atoms with van der Waals surface area (Å²) in [5.41, 5.74) is 6.29. The number of alkyl halides is 1. The Hall–Kier alpha value is -1.98.